The van der Waals surface area contributed by atoms with E-state index in [0.29, 0.717) is 5.95 Å². The van der Waals surface area contributed by atoms with E-state index >= 15 is 0 Å². The molecule has 4 heterocycles. The second kappa shape index (κ2) is 9.11. The third-order valence-corrected chi connectivity index (χ3v) is 9.08. The van der Waals surface area contributed by atoms with Crippen molar-refractivity contribution in [3.05, 3.63) is 146 Å². The molecule has 0 radical (unpaired) electrons. The normalized spacial score (nSPS) is 12.0. The summed E-state index contributed by atoms with van der Waals surface area (Å²) in [6.45, 7) is 0. The van der Waals surface area contributed by atoms with Crippen molar-refractivity contribution < 1.29 is 0 Å². The molecule has 0 N–H and O–H groups in total. The minimum absolute atomic E-state index is 0.609. The Morgan fingerprint density at radius 1 is 0.378 bits per heavy atom. The third kappa shape index (κ3) is 3.30. The quantitative estimate of drug-likeness (QED) is 0.211. The smallest absolute Gasteiger partial charge is 0.237 e. The lowest BCUT2D eigenvalue weighted by Crippen LogP contribution is -2.00. The molecule has 6 nitrogen and oxygen atoms in total. The van der Waals surface area contributed by atoms with Crippen LogP contribution in [0.5, 0.6) is 0 Å². The van der Waals surface area contributed by atoms with Crippen molar-refractivity contribution >= 4 is 65.4 Å². The molecule has 0 bridgehead atoms. The second-order valence-electron chi connectivity index (χ2n) is 11.4. The SMILES string of the molecule is c1ccc(-n2c3ccccc3c3c(-n4c5ccccc5c5cc6c(cc54)c4ccccc4n6-c4ncncn4)cccc32)cc1. The highest BCUT2D eigenvalue weighted by Crippen LogP contribution is 2.42. The summed E-state index contributed by atoms with van der Waals surface area (Å²) >= 11 is 0. The van der Waals surface area contributed by atoms with Gasteiger partial charge in [-0.15, -0.1) is 0 Å². The van der Waals surface area contributed by atoms with Gasteiger partial charge in [0.05, 0.1) is 38.8 Å². The van der Waals surface area contributed by atoms with Gasteiger partial charge in [0.1, 0.15) is 12.7 Å². The zero-order valence-corrected chi connectivity index (χ0v) is 24.0. The largest absolute Gasteiger partial charge is 0.309 e. The molecular weight excluding hydrogens is 552 g/mol. The fourth-order valence-electron chi connectivity index (χ4n) is 7.30. The van der Waals surface area contributed by atoms with Crippen molar-refractivity contribution in [1.82, 2.24) is 28.7 Å². The first kappa shape index (κ1) is 24.2. The van der Waals surface area contributed by atoms with Crippen LogP contribution in [0.2, 0.25) is 0 Å². The first-order chi connectivity index (χ1) is 22.4. The number of benzene rings is 6. The molecule has 45 heavy (non-hydrogen) atoms. The van der Waals surface area contributed by atoms with Crippen molar-refractivity contribution in [2.75, 3.05) is 0 Å². The molecule has 0 amide bonds. The van der Waals surface area contributed by atoms with Gasteiger partial charge in [-0.2, -0.15) is 0 Å². The van der Waals surface area contributed by atoms with Crippen LogP contribution in [0.3, 0.4) is 0 Å². The Hall–Kier alpha value is -6.27. The molecule has 210 valence electrons. The Morgan fingerprint density at radius 2 is 0.911 bits per heavy atom. The lowest BCUT2D eigenvalue weighted by molar-refractivity contribution is 0.940. The van der Waals surface area contributed by atoms with E-state index < -0.39 is 0 Å². The zero-order chi connectivity index (χ0) is 29.5. The molecule has 0 aliphatic carbocycles. The van der Waals surface area contributed by atoms with E-state index in [1.807, 2.05) is 0 Å². The fraction of sp³-hybridized carbons (Fsp3) is 0. The maximum Gasteiger partial charge on any atom is 0.237 e. The van der Waals surface area contributed by atoms with Crippen LogP contribution in [-0.4, -0.2) is 28.7 Å². The van der Waals surface area contributed by atoms with Crippen molar-refractivity contribution in [2.45, 2.75) is 0 Å². The second-order valence-corrected chi connectivity index (χ2v) is 11.4. The number of nitrogens with zero attached hydrogens (tertiary/aromatic N) is 6. The minimum atomic E-state index is 0.609. The molecule has 6 heteroatoms. The van der Waals surface area contributed by atoms with Crippen molar-refractivity contribution in [3.8, 4) is 17.3 Å². The van der Waals surface area contributed by atoms with Gasteiger partial charge in [-0.05, 0) is 54.6 Å². The van der Waals surface area contributed by atoms with Gasteiger partial charge in [0.2, 0.25) is 5.95 Å². The predicted molar refractivity (Wildman–Crippen MR) is 183 cm³/mol. The van der Waals surface area contributed by atoms with Gasteiger partial charge in [-0.25, -0.2) is 15.0 Å². The number of hydrogen-bond acceptors (Lipinski definition) is 3. The number of hydrogen-bond donors (Lipinski definition) is 0. The van der Waals surface area contributed by atoms with Crippen LogP contribution in [0.4, 0.5) is 0 Å². The lowest BCUT2D eigenvalue weighted by atomic mass is 10.1. The highest BCUT2D eigenvalue weighted by Gasteiger charge is 2.22. The standard InChI is InChI=1S/C39H24N6/c1-2-11-25(12-3-1)43-33-18-9-6-15-28(33)38-34(43)19-10-20-35(38)44-31-16-7-4-13-26(31)29-22-37-30(21-36(29)44)27-14-5-8-17-32(27)45(37)39-41-23-40-24-42-39/h1-24H. The van der Waals surface area contributed by atoms with Crippen LogP contribution in [0, 0.1) is 0 Å². The fourth-order valence-corrected chi connectivity index (χ4v) is 7.30. The monoisotopic (exact) mass is 576 g/mol. The summed E-state index contributed by atoms with van der Waals surface area (Å²) < 4.78 is 6.97. The first-order valence-corrected chi connectivity index (χ1v) is 15.0. The Balaban J connectivity index is 1.38. The Bertz CT molecular complexity index is 2750. The molecule has 10 rings (SSSR count). The summed E-state index contributed by atoms with van der Waals surface area (Å²) in [6.07, 6.45) is 3.11. The van der Waals surface area contributed by atoms with Crippen LogP contribution in [0.1, 0.15) is 0 Å². The zero-order valence-electron chi connectivity index (χ0n) is 24.0. The highest BCUT2D eigenvalue weighted by molar-refractivity contribution is 6.20. The van der Waals surface area contributed by atoms with Gasteiger partial charge >= 0.3 is 0 Å². The van der Waals surface area contributed by atoms with Crippen molar-refractivity contribution in [1.29, 1.82) is 0 Å². The van der Waals surface area contributed by atoms with Crippen LogP contribution in [0.15, 0.2) is 146 Å². The molecule has 0 atom stereocenters. The molecule has 0 aliphatic rings. The van der Waals surface area contributed by atoms with Gasteiger partial charge in [0.15, 0.2) is 0 Å². The summed E-state index contributed by atoms with van der Waals surface area (Å²) in [7, 11) is 0. The predicted octanol–water partition coefficient (Wildman–Crippen LogP) is 9.16. The summed E-state index contributed by atoms with van der Waals surface area (Å²) in [6, 6.07) is 47.9. The number of fused-ring (bicyclic) bond motifs is 9. The molecule has 10 aromatic rings. The van der Waals surface area contributed by atoms with Gasteiger partial charge in [0.25, 0.3) is 0 Å². The van der Waals surface area contributed by atoms with E-state index in [4.69, 9.17) is 0 Å². The van der Waals surface area contributed by atoms with Crippen molar-refractivity contribution in [3.63, 3.8) is 0 Å². The Labute approximate surface area is 257 Å². The number of aromatic nitrogens is 6. The maximum absolute atomic E-state index is 4.54. The highest BCUT2D eigenvalue weighted by atomic mass is 15.2. The van der Waals surface area contributed by atoms with Crippen LogP contribution >= 0.6 is 0 Å². The molecule has 0 saturated carbocycles. The Morgan fingerprint density at radius 3 is 1.60 bits per heavy atom. The van der Waals surface area contributed by atoms with E-state index in [-0.39, 0.29) is 0 Å². The van der Waals surface area contributed by atoms with Crippen LogP contribution < -0.4 is 0 Å². The molecule has 0 saturated heterocycles. The molecule has 4 aromatic heterocycles. The minimum Gasteiger partial charge on any atom is -0.309 e. The topological polar surface area (TPSA) is 53.5 Å². The molecule has 0 fully saturated rings. The van der Waals surface area contributed by atoms with Crippen LogP contribution in [-0.2, 0) is 0 Å². The van der Waals surface area contributed by atoms with E-state index in [1.165, 1.54) is 38.1 Å². The molecular formula is C39H24N6. The molecule has 6 aromatic carbocycles. The average Bonchev–Trinajstić information content (AvgIpc) is 3.73. The van der Waals surface area contributed by atoms with E-state index in [1.54, 1.807) is 12.7 Å². The average molecular weight is 577 g/mol. The van der Waals surface area contributed by atoms with Gasteiger partial charge in [-0.1, -0.05) is 78.9 Å². The van der Waals surface area contributed by atoms with Crippen LogP contribution in [0.25, 0.3) is 82.7 Å². The van der Waals surface area contributed by atoms with E-state index in [0.717, 1.165) is 38.7 Å². The number of para-hydroxylation sites is 4. The first-order valence-electron chi connectivity index (χ1n) is 15.0. The van der Waals surface area contributed by atoms with E-state index in [9.17, 15) is 0 Å². The maximum atomic E-state index is 4.54. The van der Waals surface area contributed by atoms with Gasteiger partial charge < -0.3 is 9.13 Å². The molecule has 0 unspecified atom stereocenters. The molecule has 0 aliphatic heterocycles. The summed E-state index contributed by atoms with van der Waals surface area (Å²) in [5, 5.41) is 7.15. The third-order valence-electron chi connectivity index (χ3n) is 9.08. The summed E-state index contributed by atoms with van der Waals surface area (Å²) in [5.41, 5.74) is 9.13. The van der Waals surface area contributed by atoms with Crippen molar-refractivity contribution in [2.24, 2.45) is 0 Å². The summed E-state index contributed by atoms with van der Waals surface area (Å²) in [4.78, 5) is 13.2. The Kier molecular flexibility index (Phi) is 4.90. The van der Waals surface area contributed by atoms with E-state index in [2.05, 4.69) is 162 Å². The molecule has 0 spiro atoms. The lowest BCUT2D eigenvalue weighted by Gasteiger charge is -2.12. The summed E-state index contributed by atoms with van der Waals surface area (Å²) in [5.74, 6) is 0.609. The van der Waals surface area contributed by atoms with Gasteiger partial charge in [-0.3, -0.25) is 4.57 Å². The van der Waals surface area contributed by atoms with Gasteiger partial charge in [0, 0.05) is 38.0 Å². The number of rotatable bonds is 3.